The minimum absolute atomic E-state index is 0.0244. The fourth-order valence-corrected chi connectivity index (χ4v) is 26.6. The van der Waals surface area contributed by atoms with Gasteiger partial charge in [0.2, 0.25) is 0 Å². The van der Waals surface area contributed by atoms with Gasteiger partial charge in [-0.3, -0.25) is 14.0 Å². The lowest BCUT2D eigenvalue weighted by Gasteiger charge is -2.68. The van der Waals surface area contributed by atoms with Gasteiger partial charge in [0.15, 0.2) is 0 Å². The van der Waals surface area contributed by atoms with Gasteiger partial charge in [0, 0.05) is 48.5 Å². The molecule has 1 aliphatic rings. The molecule has 2 unspecified atom stereocenters. The zero-order valence-corrected chi connectivity index (χ0v) is 31.7. The zero-order chi connectivity index (χ0) is 35.3. The first-order valence-corrected chi connectivity index (χ1v) is 20.6. The summed E-state index contributed by atoms with van der Waals surface area (Å²) >= 11 is 6.85. The van der Waals surface area contributed by atoms with Crippen LogP contribution in [0, 0.1) is 0 Å². The first kappa shape index (κ1) is 39.3. The highest BCUT2D eigenvalue weighted by Gasteiger charge is 2.66. The third-order valence-corrected chi connectivity index (χ3v) is 23.4. The fourth-order valence-electron chi connectivity index (χ4n) is 7.95. The van der Waals surface area contributed by atoms with E-state index in [1.165, 1.54) is 24.3 Å². The molecule has 0 aliphatic carbocycles. The number of alkyl halides is 6. The summed E-state index contributed by atoms with van der Waals surface area (Å²) in [5.41, 5.74) is -1.45. The fraction of sp³-hybridized carbons (Fsp3) is 0.618. The zero-order valence-electron chi connectivity index (χ0n) is 29.1. The molecule has 1 heterocycles. The first-order valence-electron chi connectivity index (χ1n) is 16.1. The van der Waals surface area contributed by atoms with E-state index in [0.717, 1.165) is 12.1 Å². The molecule has 2 aromatic rings. The van der Waals surface area contributed by atoms with Crippen LogP contribution in [0.2, 0.25) is 0 Å². The molecule has 0 saturated carbocycles. The van der Waals surface area contributed by atoms with Crippen molar-refractivity contribution in [1.82, 2.24) is 14.0 Å². The maximum absolute atomic E-state index is 15.1. The van der Waals surface area contributed by atoms with Gasteiger partial charge < -0.3 is 0 Å². The molecule has 0 fully saturated rings. The van der Waals surface area contributed by atoms with E-state index in [2.05, 4.69) is 14.0 Å². The molecular weight excluding hydrogens is 658 g/mol. The lowest BCUT2D eigenvalue weighted by molar-refractivity contribution is -0.138. The second-order valence-electron chi connectivity index (χ2n) is 13.8. The van der Waals surface area contributed by atoms with Crippen molar-refractivity contribution in [1.29, 1.82) is 0 Å². The van der Waals surface area contributed by atoms with Gasteiger partial charge in [-0.05, 0) is 106 Å². The summed E-state index contributed by atoms with van der Waals surface area (Å²) in [6, 6.07) is 9.89. The second-order valence-corrected chi connectivity index (χ2v) is 22.1. The minimum Gasteiger partial charge on any atom is -0.266 e. The quantitative estimate of drug-likeness (QED) is 0.170. The van der Waals surface area contributed by atoms with Crippen LogP contribution in [-0.2, 0) is 24.2 Å². The smallest absolute Gasteiger partial charge is 0.266 e. The Hall–Kier alpha value is -1.15. The summed E-state index contributed by atoms with van der Waals surface area (Å²) in [5.74, 6) is 0. The van der Waals surface area contributed by atoms with Crippen LogP contribution in [0.3, 0.4) is 0 Å². The third-order valence-electron chi connectivity index (χ3n) is 8.53. The molecular formula is C34H51F6N3P2S. The van der Waals surface area contributed by atoms with Gasteiger partial charge >= 0.3 is 12.4 Å². The first-order chi connectivity index (χ1) is 21.0. The molecule has 0 amide bonds. The summed E-state index contributed by atoms with van der Waals surface area (Å²) in [6.07, 6.45) is -12.8. The van der Waals surface area contributed by atoms with Crippen molar-refractivity contribution >= 4 is 30.2 Å². The van der Waals surface area contributed by atoms with Crippen LogP contribution in [0.4, 0.5) is 26.3 Å². The van der Waals surface area contributed by atoms with Gasteiger partial charge in [0.05, 0.1) is 22.7 Å². The topological polar surface area (TPSA) is 9.72 Å². The number of benzene rings is 2. The molecule has 3 nitrogen and oxygen atoms in total. The minimum atomic E-state index is -4.70. The maximum Gasteiger partial charge on any atom is 0.417 e. The molecule has 0 bridgehead atoms. The summed E-state index contributed by atoms with van der Waals surface area (Å²) in [4.78, 5) is 0. The Kier molecular flexibility index (Phi) is 12.0. The summed E-state index contributed by atoms with van der Waals surface area (Å²) in [6.45, 7) is 23.7. The van der Waals surface area contributed by atoms with Gasteiger partial charge in [-0.25, -0.2) is 0 Å². The van der Waals surface area contributed by atoms with Gasteiger partial charge in [-0.2, -0.15) is 26.3 Å². The number of nitrogens with zero attached hydrogens (tertiary/aromatic N) is 3. The van der Waals surface area contributed by atoms with E-state index in [1.54, 1.807) is 12.1 Å². The number of hydrogen-bond acceptors (Lipinski definition) is 3. The molecule has 260 valence electrons. The predicted octanol–water partition coefficient (Wildman–Crippen LogP) is 11.5. The van der Waals surface area contributed by atoms with Crippen LogP contribution < -0.4 is 0 Å². The Bertz CT molecular complexity index is 1430. The molecule has 12 heteroatoms. The number of hydrogen-bond donors (Lipinski definition) is 0. The van der Waals surface area contributed by atoms with E-state index in [0.29, 0.717) is 5.03 Å². The molecule has 1 aliphatic heterocycles. The van der Waals surface area contributed by atoms with E-state index in [1.807, 2.05) is 83.1 Å². The average molecular weight is 710 g/mol. The number of halogens is 6. The third kappa shape index (κ3) is 6.57. The molecule has 3 rings (SSSR count). The Morgan fingerprint density at radius 1 is 0.543 bits per heavy atom. The summed E-state index contributed by atoms with van der Waals surface area (Å²) in [5, 5.41) is -0.333. The van der Waals surface area contributed by atoms with E-state index < -0.39 is 42.3 Å². The summed E-state index contributed by atoms with van der Waals surface area (Å²) < 4.78 is 96.9. The standard InChI is InChI=1S/C34H51F6N3P2S/c1-21(2)41(22(3)4)44(42(23(5)6)24(7)8)31(27-17-13-15-19-29(27)33(35,36)37)45(46,43(25(9)10)26(11)12)32(44)28-18-14-16-20-30(28)34(38,39)40/h13-26,31H,1-12H3. The van der Waals surface area contributed by atoms with Gasteiger partial charge in [0.25, 0.3) is 0 Å². The van der Waals surface area contributed by atoms with E-state index in [4.69, 9.17) is 11.8 Å². The van der Waals surface area contributed by atoms with Gasteiger partial charge in [-0.15, -0.1) is 0 Å². The predicted molar refractivity (Wildman–Crippen MR) is 187 cm³/mol. The average Bonchev–Trinajstić information content (AvgIpc) is 2.86. The van der Waals surface area contributed by atoms with E-state index in [-0.39, 0.29) is 47.4 Å². The molecule has 0 spiro atoms. The Morgan fingerprint density at radius 3 is 1.26 bits per heavy atom. The van der Waals surface area contributed by atoms with Crippen LogP contribution in [0.25, 0.3) is 0 Å². The SMILES string of the molecule is CC(C)N(C(C)C)P1(=S)C(c2ccccc2C(F)(F)F)=P(N(C(C)C)C(C)C)(N(C(C)C)C(C)C)C1c1ccccc1C(F)(F)F. The highest BCUT2D eigenvalue weighted by Crippen LogP contribution is 2.95. The monoisotopic (exact) mass is 709 g/mol. The Morgan fingerprint density at radius 2 is 0.891 bits per heavy atom. The van der Waals surface area contributed by atoms with Crippen molar-refractivity contribution in [3.05, 3.63) is 70.8 Å². The normalized spacial score (nSPS) is 20.9. The summed E-state index contributed by atoms with van der Waals surface area (Å²) in [7, 11) is -3.34. The van der Waals surface area contributed by atoms with Crippen molar-refractivity contribution in [3.8, 4) is 0 Å². The molecule has 0 aromatic heterocycles. The molecule has 0 radical (unpaired) electrons. The van der Waals surface area contributed by atoms with Crippen LogP contribution in [0.5, 0.6) is 0 Å². The highest BCUT2D eigenvalue weighted by atomic mass is 32.4. The molecule has 0 N–H and O–H groups in total. The molecule has 46 heavy (non-hydrogen) atoms. The maximum atomic E-state index is 15.1. The largest absolute Gasteiger partial charge is 0.417 e. The van der Waals surface area contributed by atoms with E-state index >= 15 is 26.3 Å². The van der Waals surface area contributed by atoms with Crippen molar-refractivity contribution in [3.63, 3.8) is 0 Å². The Labute approximate surface area is 277 Å². The molecule has 0 saturated heterocycles. The molecule has 2 atom stereocenters. The highest BCUT2D eigenvalue weighted by molar-refractivity contribution is 8.33. The van der Waals surface area contributed by atoms with Crippen molar-refractivity contribution in [2.45, 2.75) is 137 Å². The lowest BCUT2D eigenvalue weighted by Crippen LogP contribution is -2.55. The second kappa shape index (κ2) is 14.0. The van der Waals surface area contributed by atoms with Crippen molar-refractivity contribution in [2.24, 2.45) is 0 Å². The van der Waals surface area contributed by atoms with Crippen LogP contribution in [-0.4, -0.2) is 55.3 Å². The van der Waals surface area contributed by atoms with Crippen molar-refractivity contribution < 1.29 is 26.3 Å². The Balaban J connectivity index is 2.95. The van der Waals surface area contributed by atoms with Crippen LogP contribution in [0.15, 0.2) is 48.5 Å². The van der Waals surface area contributed by atoms with Crippen molar-refractivity contribution in [2.75, 3.05) is 0 Å². The van der Waals surface area contributed by atoms with Gasteiger partial charge in [0.1, 0.15) is 0 Å². The van der Waals surface area contributed by atoms with E-state index in [9.17, 15) is 0 Å². The van der Waals surface area contributed by atoms with Crippen LogP contribution in [0.1, 0.15) is 111 Å². The van der Waals surface area contributed by atoms with Crippen LogP contribution >= 0.6 is 13.4 Å². The number of rotatable bonds is 11. The van der Waals surface area contributed by atoms with Gasteiger partial charge in [-0.1, -0.05) is 48.2 Å². The lowest BCUT2D eigenvalue weighted by atomic mass is 10.1. The molecule has 2 aromatic carbocycles.